The number of amidine groups is 1. The molecular formula is C25H49N2O3+. The summed E-state index contributed by atoms with van der Waals surface area (Å²) in [6.45, 7) is 7.20. The van der Waals surface area contributed by atoms with Crippen LogP contribution in [0.5, 0.6) is 0 Å². The van der Waals surface area contributed by atoms with Crippen LogP contribution in [0.1, 0.15) is 110 Å². The van der Waals surface area contributed by atoms with E-state index < -0.39 is 5.97 Å². The van der Waals surface area contributed by atoms with Crippen LogP contribution in [-0.2, 0) is 4.79 Å². The van der Waals surface area contributed by atoms with Gasteiger partial charge in [-0.05, 0) is 31.6 Å². The second kappa shape index (κ2) is 16.7. The van der Waals surface area contributed by atoms with Crippen LogP contribution >= 0.6 is 0 Å². The topological polar surface area (TPSA) is 69.9 Å². The number of quaternary nitrogens is 1. The predicted molar refractivity (Wildman–Crippen MR) is 126 cm³/mol. The van der Waals surface area contributed by atoms with Gasteiger partial charge < -0.3 is 10.2 Å². The molecular weight excluding hydrogens is 376 g/mol. The number of aliphatic hydroxyl groups excluding tert-OH is 1. The zero-order valence-corrected chi connectivity index (χ0v) is 19.9. The molecule has 2 unspecified atom stereocenters. The van der Waals surface area contributed by atoms with Gasteiger partial charge in [0.05, 0.1) is 13.1 Å². The molecule has 0 saturated carbocycles. The molecule has 5 heteroatoms. The molecule has 0 amide bonds. The van der Waals surface area contributed by atoms with E-state index in [1.807, 2.05) is 0 Å². The zero-order valence-electron chi connectivity index (χ0n) is 19.9. The summed E-state index contributed by atoms with van der Waals surface area (Å²) >= 11 is 0. The number of aliphatic hydroxyl groups is 1. The van der Waals surface area contributed by atoms with Gasteiger partial charge in [-0.3, -0.25) is 4.48 Å². The highest BCUT2D eigenvalue weighted by Gasteiger charge is 2.40. The lowest BCUT2D eigenvalue weighted by Gasteiger charge is -2.34. The molecule has 1 aliphatic heterocycles. The SMILES string of the molecule is CCCCCCCCC(CCCCCC)CC1=NCC[N+]1(CCCCO)CC(=O)O. The average Bonchev–Trinajstić information content (AvgIpc) is 3.09. The molecule has 1 rings (SSSR count). The van der Waals surface area contributed by atoms with Crippen LogP contribution in [0.25, 0.3) is 0 Å². The van der Waals surface area contributed by atoms with Crippen molar-refractivity contribution in [1.29, 1.82) is 0 Å². The van der Waals surface area contributed by atoms with Crippen LogP contribution in [0.3, 0.4) is 0 Å². The van der Waals surface area contributed by atoms with Gasteiger partial charge in [0.2, 0.25) is 0 Å². The van der Waals surface area contributed by atoms with Crippen molar-refractivity contribution in [1.82, 2.24) is 0 Å². The lowest BCUT2D eigenvalue weighted by molar-refractivity contribution is -0.829. The van der Waals surface area contributed by atoms with E-state index in [1.165, 1.54) is 77.0 Å². The number of carboxylic acid groups (broad SMARTS) is 1. The Bertz CT molecular complexity index is 481. The molecule has 176 valence electrons. The van der Waals surface area contributed by atoms with Gasteiger partial charge in [0.25, 0.3) is 0 Å². The summed E-state index contributed by atoms with van der Waals surface area (Å²) in [4.78, 5) is 16.5. The van der Waals surface area contributed by atoms with E-state index in [0.29, 0.717) is 10.4 Å². The number of hydrogen-bond acceptors (Lipinski definition) is 3. The van der Waals surface area contributed by atoms with Crippen molar-refractivity contribution in [2.24, 2.45) is 10.9 Å². The van der Waals surface area contributed by atoms with Gasteiger partial charge >= 0.3 is 5.97 Å². The maximum atomic E-state index is 11.6. The van der Waals surface area contributed by atoms with Crippen molar-refractivity contribution in [3.05, 3.63) is 0 Å². The Morgan fingerprint density at radius 1 is 0.933 bits per heavy atom. The monoisotopic (exact) mass is 425 g/mol. The third-order valence-electron chi connectivity index (χ3n) is 6.71. The Kier molecular flexibility index (Phi) is 15.1. The van der Waals surface area contributed by atoms with Crippen LogP contribution in [-0.4, -0.2) is 59.3 Å². The molecule has 0 radical (unpaired) electrons. The first-order chi connectivity index (χ1) is 14.6. The Balaban J connectivity index is 2.69. The van der Waals surface area contributed by atoms with Crippen LogP contribution < -0.4 is 0 Å². The second-order valence-corrected chi connectivity index (χ2v) is 9.35. The van der Waals surface area contributed by atoms with Gasteiger partial charge in [0.1, 0.15) is 6.54 Å². The molecule has 0 aromatic carbocycles. The number of aliphatic carboxylic acids is 1. The first-order valence-electron chi connectivity index (χ1n) is 12.8. The molecule has 0 aromatic heterocycles. The van der Waals surface area contributed by atoms with Gasteiger partial charge in [0.15, 0.2) is 12.4 Å². The highest BCUT2D eigenvalue weighted by atomic mass is 16.4. The van der Waals surface area contributed by atoms with Crippen molar-refractivity contribution < 1.29 is 19.5 Å². The summed E-state index contributed by atoms with van der Waals surface area (Å²) in [5.41, 5.74) is 0. The van der Waals surface area contributed by atoms with Crippen molar-refractivity contribution in [2.75, 3.05) is 32.8 Å². The molecule has 5 nitrogen and oxygen atoms in total. The number of rotatable bonds is 20. The maximum Gasteiger partial charge on any atom is 0.359 e. The third kappa shape index (κ3) is 10.9. The molecule has 0 saturated heterocycles. The van der Waals surface area contributed by atoms with Gasteiger partial charge in [-0.2, -0.15) is 0 Å². The Labute approximate surface area is 185 Å². The summed E-state index contributed by atoms with van der Waals surface area (Å²) < 4.78 is 0.525. The summed E-state index contributed by atoms with van der Waals surface area (Å²) in [5, 5.41) is 18.8. The lowest BCUT2D eigenvalue weighted by Crippen LogP contribution is -2.54. The summed E-state index contributed by atoms with van der Waals surface area (Å²) in [5.74, 6) is 1.03. The maximum absolute atomic E-state index is 11.6. The highest BCUT2D eigenvalue weighted by Crippen LogP contribution is 2.28. The number of unbranched alkanes of at least 4 members (excludes halogenated alkanes) is 9. The first-order valence-corrected chi connectivity index (χ1v) is 12.8. The normalized spacial score (nSPS) is 19.8. The van der Waals surface area contributed by atoms with Crippen LogP contribution in [0, 0.1) is 5.92 Å². The van der Waals surface area contributed by atoms with E-state index in [9.17, 15) is 15.0 Å². The summed E-state index contributed by atoms with van der Waals surface area (Å²) in [7, 11) is 0. The molecule has 30 heavy (non-hydrogen) atoms. The summed E-state index contributed by atoms with van der Waals surface area (Å²) in [6.07, 6.45) is 18.2. The van der Waals surface area contributed by atoms with Gasteiger partial charge in [0, 0.05) is 13.0 Å². The van der Waals surface area contributed by atoms with Crippen LogP contribution in [0.4, 0.5) is 0 Å². The average molecular weight is 426 g/mol. The van der Waals surface area contributed by atoms with E-state index in [4.69, 9.17) is 4.99 Å². The molecule has 1 heterocycles. The molecule has 0 spiro atoms. The van der Waals surface area contributed by atoms with Crippen molar-refractivity contribution in [2.45, 2.75) is 110 Å². The van der Waals surface area contributed by atoms with E-state index in [0.717, 1.165) is 44.7 Å². The standard InChI is InChI=1S/C25H48N2O3/c1-3-5-7-9-10-12-16-23(15-11-8-6-4-2)21-24-26-17-19-27(24,22-25(29)30)18-13-14-20-28/h23,28H,3-22H2,1-2H3/p+1. The Morgan fingerprint density at radius 2 is 1.53 bits per heavy atom. The van der Waals surface area contributed by atoms with Gasteiger partial charge in [-0.1, -0.05) is 78.1 Å². The van der Waals surface area contributed by atoms with Crippen molar-refractivity contribution in [3.8, 4) is 0 Å². The van der Waals surface area contributed by atoms with E-state index >= 15 is 0 Å². The molecule has 0 bridgehead atoms. The van der Waals surface area contributed by atoms with Crippen molar-refractivity contribution >= 4 is 11.8 Å². The fourth-order valence-electron chi connectivity index (χ4n) is 4.86. The smallest absolute Gasteiger partial charge is 0.359 e. The molecule has 2 N–H and O–H groups in total. The van der Waals surface area contributed by atoms with E-state index in [2.05, 4.69) is 13.8 Å². The van der Waals surface area contributed by atoms with Crippen molar-refractivity contribution in [3.63, 3.8) is 0 Å². The van der Waals surface area contributed by atoms with Gasteiger partial charge in [-0.15, -0.1) is 0 Å². The largest absolute Gasteiger partial charge is 0.477 e. The number of carbonyl (C=O) groups is 1. The number of hydrogen-bond donors (Lipinski definition) is 2. The fourth-order valence-corrected chi connectivity index (χ4v) is 4.86. The molecule has 1 aliphatic rings. The molecule has 0 aliphatic carbocycles. The van der Waals surface area contributed by atoms with E-state index in [1.54, 1.807) is 0 Å². The number of carboxylic acids is 1. The highest BCUT2D eigenvalue weighted by molar-refractivity contribution is 5.80. The fraction of sp³-hybridized carbons (Fsp3) is 0.920. The van der Waals surface area contributed by atoms with Gasteiger partial charge in [-0.25, -0.2) is 9.79 Å². The number of nitrogens with zero attached hydrogens (tertiary/aromatic N) is 2. The predicted octanol–water partition coefficient (Wildman–Crippen LogP) is 5.80. The molecule has 0 fully saturated rings. The quantitative estimate of drug-likeness (QED) is 0.191. The summed E-state index contributed by atoms with van der Waals surface area (Å²) in [6, 6.07) is 0. The minimum atomic E-state index is -0.732. The van der Waals surface area contributed by atoms with Crippen LogP contribution in [0.15, 0.2) is 4.99 Å². The zero-order chi connectivity index (χ0) is 22.1. The second-order valence-electron chi connectivity index (χ2n) is 9.35. The number of aliphatic imine (C=N–C) groups is 1. The Hall–Kier alpha value is -0.940. The minimum Gasteiger partial charge on any atom is -0.477 e. The van der Waals surface area contributed by atoms with Crippen LogP contribution in [0.2, 0.25) is 0 Å². The minimum absolute atomic E-state index is 0.143. The van der Waals surface area contributed by atoms with E-state index in [-0.39, 0.29) is 13.2 Å². The third-order valence-corrected chi connectivity index (χ3v) is 6.71. The lowest BCUT2D eigenvalue weighted by atomic mass is 9.90. The first kappa shape index (κ1) is 27.1. The molecule has 0 aromatic rings. The molecule has 2 atom stereocenters. The Morgan fingerprint density at radius 3 is 2.13 bits per heavy atom.